The number of aliphatic hydroxyl groups is 1. The fourth-order valence-electron chi connectivity index (χ4n) is 3.01. The second-order valence-electron chi connectivity index (χ2n) is 10.5. The van der Waals surface area contributed by atoms with E-state index in [1.807, 2.05) is 44.2 Å². The highest BCUT2D eigenvalue weighted by Crippen LogP contribution is 2.37. The minimum absolute atomic E-state index is 0.0504. The summed E-state index contributed by atoms with van der Waals surface area (Å²) >= 11 is 0. The van der Waals surface area contributed by atoms with Crippen molar-refractivity contribution in [3.05, 3.63) is 35.9 Å². The van der Waals surface area contributed by atoms with Gasteiger partial charge >= 0.3 is 0 Å². The zero-order valence-corrected chi connectivity index (χ0v) is 23.5. The van der Waals surface area contributed by atoms with Gasteiger partial charge in [0.2, 0.25) is 0 Å². The maximum atomic E-state index is 10.4. The maximum Gasteiger partial charge on any atom is 0.192 e. The second-order valence-corrected chi connectivity index (χ2v) is 15.3. The zero-order valence-electron chi connectivity index (χ0n) is 22.5. The molecule has 194 valence electrons. The molecule has 0 aromatic heterocycles. The minimum atomic E-state index is -1.87. The first-order valence-electron chi connectivity index (χ1n) is 12.0. The summed E-state index contributed by atoms with van der Waals surface area (Å²) in [6, 6.07) is 9.98. The fourth-order valence-corrected chi connectivity index (χ4v) is 4.47. The second kappa shape index (κ2) is 15.0. The Morgan fingerprint density at radius 3 is 2.32 bits per heavy atom. The molecule has 0 amide bonds. The van der Waals surface area contributed by atoms with E-state index in [4.69, 9.17) is 23.4 Å². The van der Waals surface area contributed by atoms with Gasteiger partial charge in [0, 0.05) is 32.5 Å². The summed E-state index contributed by atoms with van der Waals surface area (Å²) in [5, 5.41) is 10.5. The van der Waals surface area contributed by atoms with E-state index in [2.05, 4.69) is 45.7 Å². The highest BCUT2D eigenvalue weighted by atomic mass is 28.4. The van der Waals surface area contributed by atoms with Gasteiger partial charge in [-0.1, -0.05) is 62.9 Å². The lowest BCUT2D eigenvalue weighted by atomic mass is 9.98. The van der Waals surface area contributed by atoms with Crippen molar-refractivity contribution >= 4 is 8.32 Å². The summed E-state index contributed by atoms with van der Waals surface area (Å²) in [5.74, 6) is 6.05. The zero-order chi connectivity index (χ0) is 25.7. The molecule has 0 saturated heterocycles. The maximum absolute atomic E-state index is 10.4. The molecule has 1 aromatic rings. The van der Waals surface area contributed by atoms with E-state index in [0.29, 0.717) is 32.5 Å². The lowest BCUT2D eigenvalue weighted by molar-refractivity contribution is -0.138. The minimum Gasteiger partial charge on any atom is -0.414 e. The number of rotatable bonds is 15. The van der Waals surface area contributed by atoms with E-state index < -0.39 is 20.0 Å². The van der Waals surface area contributed by atoms with Crippen molar-refractivity contribution in [3.63, 3.8) is 0 Å². The molecule has 1 rings (SSSR count). The molecule has 0 aliphatic rings. The van der Waals surface area contributed by atoms with Crippen LogP contribution in [0.25, 0.3) is 0 Å². The topological polar surface area (TPSA) is 66.4 Å². The van der Waals surface area contributed by atoms with Crippen molar-refractivity contribution in [1.82, 2.24) is 0 Å². The number of benzene rings is 1. The number of aliphatic hydroxyl groups excluding tert-OH is 1. The van der Waals surface area contributed by atoms with Crippen molar-refractivity contribution < 1.29 is 28.5 Å². The molecule has 0 unspecified atom stereocenters. The number of methoxy groups -OCH3 is 1. The van der Waals surface area contributed by atoms with Crippen LogP contribution in [0.5, 0.6) is 0 Å². The summed E-state index contributed by atoms with van der Waals surface area (Å²) in [6.45, 7) is 16.4. The summed E-state index contributed by atoms with van der Waals surface area (Å²) in [5.41, 5.74) is 0.558. The third-order valence-corrected chi connectivity index (χ3v) is 10.8. The Labute approximate surface area is 208 Å². The first-order valence-corrected chi connectivity index (χ1v) is 15.0. The summed E-state index contributed by atoms with van der Waals surface area (Å²) in [6.07, 6.45) is 0.774. The smallest absolute Gasteiger partial charge is 0.192 e. The van der Waals surface area contributed by atoms with Crippen LogP contribution in [0.15, 0.2) is 30.3 Å². The molecule has 0 fully saturated rings. The predicted octanol–water partition coefficient (Wildman–Crippen LogP) is 5.50. The molecule has 1 N–H and O–H groups in total. The molecule has 0 heterocycles. The van der Waals surface area contributed by atoms with Gasteiger partial charge in [0.1, 0.15) is 19.7 Å². The van der Waals surface area contributed by atoms with Gasteiger partial charge in [0.05, 0.1) is 18.8 Å². The van der Waals surface area contributed by atoms with E-state index in [9.17, 15) is 5.11 Å². The van der Waals surface area contributed by atoms with Gasteiger partial charge in [-0.25, -0.2) is 0 Å². The van der Waals surface area contributed by atoms with Gasteiger partial charge in [0.15, 0.2) is 8.32 Å². The highest BCUT2D eigenvalue weighted by Gasteiger charge is 2.38. The largest absolute Gasteiger partial charge is 0.414 e. The van der Waals surface area contributed by atoms with Crippen LogP contribution < -0.4 is 0 Å². The molecule has 0 radical (unpaired) electrons. The van der Waals surface area contributed by atoms with Crippen LogP contribution in [0.2, 0.25) is 18.1 Å². The molecule has 0 bridgehead atoms. The van der Waals surface area contributed by atoms with Gasteiger partial charge in [-0.2, -0.15) is 0 Å². The Bertz CT molecular complexity index is 737. The lowest BCUT2D eigenvalue weighted by Gasteiger charge is -2.38. The van der Waals surface area contributed by atoms with Gasteiger partial charge < -0.3 is 28.5 Å². The lowest BCUT2D eigenvalue weighted by Crippen LogP contribution is -2.43. The van der Waals surface area contributed by atoms with Crippen LogP contribution in [0.3, 0.4) is 0 Å². The fraction of sp³-hybridized carbons (Fsp3) is 0.704. The molecular formula is C27H46O6Si. The molecule has 6 nitrogen and oxygen atoms in total. The highest BCUT2D eigenvalue weighted by molar-refractivity contribution is 6.74. The number of hydrogen-bond acceptors (Lipinski definition) is 6. The van der Waals surface area contributed by atoms with Crippen molar-refractivity contribution in [1.29, 1.82) is 0 Å². The van der Waals surface area contributed by atoms with Crippen molar-refractivity contribution in [2.75, 3.05) is 27.3 Å². The Hall–Kier alpha value is -1.24. The molecule has 1 aromatic carbocycles. The summed E-state index contributed by atoms with van der Waals surface area (Å²) in [7, 11) is -0.282. The molecule has 0 aliphatic carbocycles. The number of hydrogen-bond donors (Lipinski definition) is 1. The molecule has 7 heteroatoms. The normalized spacial score (nSPS) is 15.8. The van der Waals surface area contributed by atoms with Gasteiger partial charge in [-0.05, 0) is 37.5 Å². The first kappa shape index (κ1) is 30.8. The van der Waals surface area contributed by atoms with Gasteiger partial charge in [-0.15, -0.1) is 0 Å². The van der Waals surface area contributed by atoms with E-state index in [-0.39, 0.29) is 24.7 Å². The Kier molecular flexibility index (Phi) is 13.6. The third-order valence-electron chi connectivity index (χ3n) is 6.17. The average Bonchev–Trinajstić information content (AvgIpc) is 2.74. The first-order chi connectivity index (χ1) is 15.9. The van der Waals surface area contributed by atoms with E-state index in [0.717, 1.165) is 5.56 Å². The SMILES string of the molecule is COCO[C@@](C)(CC#C[C@@H](O)C[C@H](C)O[Si](C)(C)C(C)(C)C)CCOCOCc1ccccc1. The van der Waals surface area contributed by atoms with Gasteiger partial charge in [-0.3, -0.25) is 0 Å². The van der Waals surface area contributed by atoms with Crippen LogP contribution >= 0.6 is 0 Å². The average molecular weight is 495 g/mol. The standard InChI is InChI=1S/C27H46O6Si/c1-23(33-34(7,8)26(2,3)4)19-25(28)15-12-16-27(5,32-21-29-6)17-18-30-22-31-20-24-13-10-9-11-14-24/h9-11,13-14,23,25,28H,16-22H2,1-8H3/t23-,25+,27-/m0/s1. The van der Waals surface area contributed by atoms with E-state index >= 15 is 0 Å². The van der Waals surface area contributed by atoms with Crippen molar-refractivity contribution in [2.45, 2.75) is 96.4 Å². The Balaban J connectivity index is 2.46. The van der Waals surface area contributed by atoms with Crippen LogP contribution in [-0.4, -0.2) is 58.5 Å². The Morgan fingerprint density at radius 2 is 1.71 bits per heavy atom. The molecule has 0 saturated carbocycles. The summed E-state index contributed by atoms with van der Waals surface area (Å²) in [4.78, 5) is 0. The van der Waals surface area contributed by atoms with Gasteiger partial charge in [0.25, 0.3) is 0 Å². The molecular weight excluding hydrogens is 448 g/mol. The number of ether oxygens (including phenoxy) is 4. The molecule has 3 atom stereocenters. The molecule has 0 spiro atoms. The van der Waals surface area contributed by atoms with Crippen LogP contribution in [0.1, 0.15) is 59.4 Å². The quantitative estimate of drug-likeness (QED) is 0.150. The van der Waals surface area contributed by atoms with Crippen LogP contribution in [-0.2, 0) is 30.0 Å². The van der Waals surface area contributed by atoms with E-state index in [1.54, 1.807) is 7.11 Å². The van der Waals surface area contributed by atoms with Crippen LogP contribution in [0, 0.1) is 11.8 Å². The van der Waals surface area contributed by atoms with Crippen molar-refractivity contribution in [3.8, 4) is 11.8 Å². The summed E-state index contributed by atoms with van der Waals surface area (Å²) < 4.78 is 28.5. The Morgan fingerprint density at radius 1 is 1.03 bits per heavy atom. The third kappa shape index (κ3) is 12.5. The van der Waals surface area contributed by atoms with Crippen molar-refractivity contribution in [2.24, 2.45) is 0 Å². The molecule has 34 heavy (non-hydrogen) atoms. The van der Waals surface area contributed by atoms with Crippen LogP contribution in [0.4, 0.5) is 0 Å². The molecule has 0 aliphatic heterocycles. The van der Waals surface area contributed by atoms with E-state index in [1.165, 1.54) is 0 Å². The predicted molar refractivity (Wildman–Crippen MR) is 139 cm³/mol. The monoisotopic (exact) mass is 494 g/mol.